The molecule has 2 N–H and O–H groups in total. The van der Waals surface area contributed by atoms with E-state index in [4.69, 9.17) is 5.10 Å². The molecule has 4 rings (SSSR count). The van der Waals surface area contributed by atoms with Crippen LogP contribution < -0.4 is 5.32 Å². The van der Waals surface area contributed by atoms with Crippen LogP contribution in [0.15, 0.2) is 66.9 Å². The van der Waals surface area contributed by atoms with Gasteiger partial charge in [0.05, 0.1) is 24.2 Å². The molecule has 0 atom stereocenters. The Morgan fingerprint density at radius 3 is 2.63 bits per heavy atom. The Hall–Kier alpha value is -3.51. The second kappa shape index (κ2) is 7.01. The van der Waals surface area contributed by atoms with E-state index in [-0.39, 0.29) is 12.5 Å². The maximum atomic E-state index is 11.3. The molecule has 6 heteroatoms. The van der Waals surface area contributed by atoms with Gasteiger partial charge in [-0.25, -0.2) is 9.50 Å². The third-order valence-corrected chi connectivity index (χ3v) is 4.27. The zero-order chi connectivity index (χ0) is 18.8. The molecule has 0 unspecified atom stereocenters. The second-order valence-electron chi connectivity index (χ2n) is 6.25. The number of aliphatic hydroxyl groups excluding tert-OH is 1. The molecule has 0 saturated carbocycles. The molecule has 0 fully saturated rings. The van der Waals surface area contributed by atoms with Crippen molar-refractivity contribution in [3.63, 3.8) is 0 Å². The zero-order valence-electron chi connectivity index (χ0n) is 14.8. The third kappa shape index (κ3) is 3.43. The minimum absolute atomic E-state index is 0.0144. The third-order valence-electron chi connectivity index (χ3n) is 4.27. The summed E-state index contributed by atoms with van der Waals surface area (Å²) in [5.41, 5.74) is 5.85. The molecule has 27 heavy (non-hydrogen) atoms. The van der Waals surface area contributed by atoms with E-state index in [2.05, 4.69) is 10.3 Å². The summed E-state index contributed by atoms with van der Waals surface area (Å²) in [4.78, 5) is 15.7. The fourth-order valence-corrected chi connectivity index (χ4v) is 2.96. The average molecular weight is 358 g/mol. The first-order valence-corrected chi connectivity index (χ1v) is 8.57. The van der Waals surface area contributed by atoms with Crippen LogP contribution >= 0.6 is 0 Å². The van der Waals surface area contributed by atoms with Crippen LogP contribution in [0, 0.1) is 0 Å². The highest BCUT2D eigenvalue weighted by Gasteiger charge is 2.10. The van der Waals surface area contributed by atoms with E-state index in [9.17, 15) is 9.90 Å². The van der Waals surface area contributed by atoms with Gasteiger partial charge in [-0.1, -0.05) is 36.4 Å². The van der Waals surface area contributed by atoms with Crippen molar-refractivity contribution >= 4 is 17.2 Å². The lowest BCUT2D eigenvalue weighted by Gasteiger charge is -2.07. The fourth-order valence-electron chi connectivity index (χ4n) is 2.96. The molecule has 2 aromatic carbocycles. The van der Waals surface area contributed by atoms with Gasteiger partial charge in [0.15, 0.2) is 5.65 Å². The van der Waals surface area contributed by atoms with Crippen molar-refractivity contribution in [2.75, 3.05) is 5.32 Å². The van der Waals surface area contributed by atoms with Crippen molar-refractivity contribution in [2.45, 2.75) is 13.5 Å². The number of nitrogens with zero attached hydrogens (tertiary/aromatic N) is 3. The summed E-state index contributed by atoms with van der Waals surface area (Å²) in [7, 11) is 0. The Morgan fingerprint density at radius 2 is 1.89 bits per heavy atom. The highest BCUT2D eigenvalue weighted by atomic mass is 16.3. The number of fused-ring (bicyclic) bond motifs is 1. The lowest BCUT2D eigenvalue weighted by atomic mass is 10.1. The quantitative estimate of drug-likeness (QED) is 0.585. The number of carbonyl (C=O) groups is 1. The molecule has 4 aromatic rings. The normalized spacial score (nSPS) is 10.9. The number of hydrogen-bond acceptors (Lipinski definition) is 4. The van der Waals surface area contributed by atoms with E-state index < -0.39 is 0 Å². The molecule has 0 aliphatic rings. The summed E-state index contributed by atoms with van der Waals surface area (Å²) in [5.74, 6) is -0.112. The molecule has 0 aliphatic heterocycles. The highest BCUT2D eigenvalue weighted by Crippen LogP contribution is 2.25. The van der Waals surface area contributed by atoms with Gasteiger partial charge in [-0.15, -0.1) is 0 Å². The summed E-state index contributed by atoms with van der Waals surface area (Å²) in [6.45, 7) is 1.50. The predicted octanol–water partition coefficient (Wildman–Crippen LogP) is 3.51. The number of aliphatic hydroxyl groups is 1. The Morgan fingerprint density at radius 1 is 1.07 bits per heavy atom. The van der Waals surface area contributed by atoms with Crippen molar-refractivity contribution in [2.24, 2.45) is 0 Å². The maximum Gasteiger partial charge on any atom is 0.221 e. The number of benzene rings is 2. The monoisotopic (exact) mass is 358 g/mol. The smallest absolute Gasteiger partial charge is 0.221 e. The van der Waals surface area contributed by atoms with E-state index >= 15 is 0 Å². The standard InChI is InChI=1S/C21H18N4O2/c1-14(27)23-18-4-2-3-17(11-18)19-9-10-21-22-12-20(25(21)24-19)16-7-5-15(13-26)6-8-16/h2-12,26H,13H2,1H3,(H,23,27). The van der Waals surface area contributed by atoms with Gasteiger partial charge in [-0.05, 0) is 29.8 Å². The SMILES string of the molecule is CC(=O)Nc1cccc(-c2ccc3ncc(-c4ccc(CO)cc4)n3n2)c1. The van der Waals surface area contributed by atoms with Crippen molar-refractivity contribution in [1.82, 2.24) is 14.6 Å². The number of anilines is 1. The number of aromatic nitrogens is 3. The van der Waals surface area contributed by atoms with Crippen molar-refractivity contribution in [3.8, 4) is 22.5 Å². The molecule has 134 valence electrons. The number of hydrogen-bond donors (Lipinski definition) is 2. The first-order chi connectivity index (χ1) is 13.1. The fraction of sp³-hybridized carbons (Fsp3) is 0.0952. The van der Waals surface area contributed by atoms with Crippen molar-refractivity contribution in [3.05, 3.63) is 72.4 Å². The lowest BCUT2D eigenvalue weighted by molar-refractivity contribution is -0.114. The summed E-state index contributed by atoms with van der Waals surface area (Å²) in [6.07, 6.45) is 1.79. The molecule has 0 bridgehead atoms. The number of amides is 1. The van der Waals surface area contributed by atoms with Gasteiger partial charge in [0.25, 0.3) is 0 Å². The number of nitrogens with one attached hydrogen (secondary N) is 1. The molecule has 0 aliphatic carbocycles. The van der Waals surface area contributed by atoms with Gasteiger partial charge >= 0.3 is 0 Å². The van der Waals surface area contributed by atoms with Gasteiger partial charge < -0.3 is 10.4 Å². The van der Waals surface area contributed by atoms with E-state index in [1.807, 2.05) is 60.7 Å². The Labute approximate surface area is 156 Å². The van der Waals surface area contributed by atoms with Crippen LogP contribution in [0.5, 0.6) is 0 Å². The van der Waals surface area contributed by atoms with Crippen LogP contribution in [-0.4, -0.2) is 25.6 Å². The van der Waals surface area contributed by atoms with Gasteiger partial charge in [-0.2, -0.15) is 5.10 Å². The Balaban J connectivity index is 1.76. The van der Waals surface area contributed by atoms with Crippen LogP contribution in [-0.2, 0) is 11.4 Å². The molecule has 0 saturated heterocycles. The van der Waals surface area contributed by atoms with Crippen LogP contribution in [0.3, 0.4) is 0 Å². The summed E-state index contributed by atoms with van der Waals surface area (Å²) in [5, 5.41) is 16.7. The first kappa shape index (κ1) is 16.9. The van der Waals surface area contributed by atoms with E-state index in [1.165, 1.54) is 6.92 Å². The van der Waals surface area contributed by atoms with Crippen LogP contribution in [0.25, 0.3) is 28.2 Å². The van der Waals surface area contributed by atoms with Gasteiger partial charge in [-0.3, -0.25) is 4.79 Å². The minimum Gasteiger partial charge on any atom is -0.392 e. The number of carbonyl (C=O) groups excluding carboxylic acids is 1. The first-order valence-electron chi connectivity index (χ1n) is 8.57. The molecule has 6 nitrogen and oxygen atoms in total. The largest absolute Gasteiger partial charge is 0.392 e. The van der Waals surface area contributed by atoms with Crippen molar-refractivity contribution in [1.29, 1.82) is 0 Å². The molecule has 2 aromatic heterocycles. The van der Waals surface area contributed by atoms with Crippen molar-refractivity contribution < 1.29 is 9.90 Å². The van der Waals surface area contributed by atoms with Gasteiger partial charge in [0, 0.05) is 23.7 Å². The highest BCUT2D eigenvalue weighted by molar-refractivity contribution is 5.89. The van der Waals surface area contributed by atoms with E-state index in [0.29, 0.717) is 0 Å². The second-order valence-corrected chi connectivity index (χ2v) is 6.25. The Kier molecular flexibility index (Phi) is 4.40. The Bertz CT molecular complexity index is 1120. The molecular weight excluding hydrogens is 340 g/mol. The predicted molar refractivity (Wildman–Crippen MR) is 104 cm³/mol. The molecule has 1 amide bonds. The van der Waals surface area contributed by atoms with Gasteiger partial charge in [0.1, 0.15) is 0 Å². The summed E-state index contributed by atoms with van der Waals surface area (Å²) in [6, 6.07) is 19.1. The summed E-state index contributed by atoms with van der Waals surface area (Å²) < 4.78 is 1.80. The molecule has 0 radical (unpaired) electrons. The van der Waals surface area contributed by atoms with Gasteiger partial charge in [0.2, 0.25) is 5.91 Å². The summed E-state index contributed by atoms with van der Waals surface area (Å²) >= 11 is 0. The van der Waals surface area contributed by atoms with Crippen LogP contribution in [0.4, 0.5) is 5.69 Å². The average Bonchev–Trinajstić information content (AvgIpc) is 3.11. The number of rotatable bonds is 4. The topological polar surface area (TPSA) is 79.5 Å². The zero-order valence-corrected chi connectivity index (χ0v) is 14.8. The van der Waals surface area contributed by atoms with Crippen LogP contribution in [0.2, 0.25) is 0 Å². The van der Waals surface area contributed by atoms with E-state index in [0.717, 1.165) is 39.4 Å². The molecular formula is C21H18N4O2. The number of imidazole rings is 1. The molecule has 0 spiro atoms. The maximum absolute atomic E-state index is 11.3. The van der Waals surface area contributed by atoms with E-state index in [1.54, 1.807) is 10.7 Å². The minimum atomic E-state index is -0.112. The lowest BCUT2D eigenvalue weighted by Crippen LogP contribution is -2.05. The van der Waals surface area contributed by atoms with Crippen LogP contribution in [0.1, 0.15) is 12.5 Å². The molecule has 2 heterocycles.